The van der Waals surface area contributed by atoms with Gasteiger partial charge in [-0.15, -0.1) is 0 Å². The monoisotopic (exact) mass is 206 g/mol. The fraction of sp³-hybridized carbons (Fsp3) is 0. The number of aromatic nitrogens is 2. The number of hydrogen-bond acceptors (Lipinski definition) is 3. The molecule has 2 aromatic rings. The molecule has 2 rings (SSSR count). The Morgan fingerprint density at radius 1 is 1.14 bits per heavy atom. The van der Waals surface area contributed by atoms with Gasteiger partial charge in [-0.2, -0.15) is 0 Å². The van der Waals surface area contributed by atoms with E-state index in [0.717, 1.165) is 0 Å². The van der Waals surface area contributed by atoms with Crippen molar-refractivity contribution in [1.29, 1.82) is 0 Å². The van der Waals surface area contributed by atoms with Crippen LogP contribution >= 0.6 is 11.6 Å². The van der Waals surface area contributed by atoms with Gasteiger partial charge in [0.25, 0.3) is 0 Å². The molecule has 3 nitrogen and oxygen atoms in total. The maximum Gasteiger partial charge on any atom is 0.133 e. The van der Waals surface area contributed by atoms with Crippen molar-refractivity contribution in [2.24, 2.45) is 0 Å². The molecule has 0 aliphatic rings. The van der Waals surface area contributed by atoms with Crippen molar-refractivity contribution >= 4 is 11.6 Å². The van der Waals surface area contributed by atoms with Crippen molar-refractivity contribution in [2.75, 3.05) is 0 Å². The van der Waals surface area contributed by atoms with Crippen LogP contribution in [0.2, 0.25) is 5.15 Å². The molecule has 14 heavy (non-hydrogen) atoms. The summed E-state index contributed by atoms with van der Waals surface area (Å²) in [6.45, 7) is 0. The summed E-state index contributed by atoms with van der Waals surface area (Å²) in [5.41, 5.74) is 1.26. The van der Waals surface area contributed by atoms with E-state index in [9.17, 15) is 5.11 Å². The highest BCUT2D eigenvalue weighted by Crippen LogP contribution is 2.27. The second kappa shape index (κ2) is 3.64. The fourth-order valence-electron chi connectivity index (χ4n) is 1.17. The van der Waals surface area contributed by atoms with Crippen LogP contribution in [-0.2, 0) is 0 Å². The molecule has 0 fully saturated rings. The molecule has 0 aliphatic carbocycles. The predicted octanol–water partition coefficient (Wildman–Crippen LogP) is 2.50. The van der Waals surface area contributed by atoms with Crippen LogP contribution in [0, 0.1) is 0 Å². The summed E-state index contributed by atoms with van der Waals surface area (Å²) in [5, 5.41) is 9.91. The van der Waals surface area contributed by atoms with Crippen molar-refractivity contribution in [2.45, 2.75) is 0 Å². The van der Waals surface area contributed by atoms with Gasteiger partial charge >= 0.3 is 0 Å². The Morgan fingerprint density at radius 2 is 1.93 bits per heavy atom. The Bertz CT molecular complexity index is 459. The van der Waals surface area contributed by atoms with Crippen molar-refractivity contribution in [3.63, 3.8) is 0 Å². The Balaban J connectivity index is 2.55. The number of phenolic OH excluding ortho intramolecular Hbond substituents is 1. The lowest BCUT2D eigenvalue weighted by Crippen LogP contribution is -1.85. The first-order chi connectivity index (χ1) is 6.77. The van der Waals surface area contributed by atoms with Crippen molar-refractivity contribution in [1.82, 2.24) is 9.97 Å². The largest absolute Gasteiger partial charge is 0.507 e. The second-order valence-corrected chi connectivity index (χ2v) is 3.13. The van der Waals surface area contributed by atoms with E-state index >= 15 is 0 Å². The molecule has 4 heteroatoms. The standard InChI is InChI=1S/C10H7ClN2O/c11-10-5-8(12-6-13-10)7-3-1-2-4-9(7)14/h1-6,14H. The van der Waals surface area contributed by atoms with E-state index in [4.69, 9.17) is 11.6 Å². The minimum absolute atomic E-state index is 0.183. The van der Waals surface area contributed by atoms with E-state index in [2.05, 4.69) is 9.97 Å². The van der Waals surface area contributed by atoms with Crippen molar-refractivity contribution in [3.05, 3.63) is 41.8 Å². The zero-order valence-corrected chi connectivity index (χ0v) is 7.94. The van der Waals surface area contributed by atoms with Crippen LogP contribution in [0.4, 0.5) is 0 Å². The minimum atomic E-state index is 0.183. The maximum absolute atomic E-state index is 9.55. The normalized spacial score (nSPS) is 10.1. The average molecular weight is 207 g/mol. The number of halogens is 1. The summed E-state index contributed by atoms with van der Waals surface area (Å²) in [5.74, 6) is 0.183. The van der Waals surface area contributed by atoms with Crippen LogP contribution in [-0.4, -0.2) is 15.1 Å². The van der Waals surface area contributed by atoms with Crippen LogP contribution in [0.15, 0.2) is 36.7 Å². The molecule has 70 valence electrons. The highest BCUT2D eigenvalue weighted by molar-refractivity contribution is 6.29. The van der Waals surface area contributed by atoms with Gasteiger partial charge < -0.3 is 5.11 Å². The molecule has 0 aliphatic heterocycles. The smallest absolute Gasteiger partial charge is 0.133 e. The first kappa shape index (κ1) is 8.97. The summed E-state index contributed by atoms with van der Waals surface area (Å²) in [7, 11) is 0. The van der Waals surface area contributed by atoms with E-state index in [1.165, 1.54) is 6.33 Å². The fourth-order valence-corrected chi connectivity index (χ4v) is 1.32. The summed E-state index contributed by atoms with van der Waals surface area (Å²) < 4.78 is 0. The number of rotatable bonds is 1. The third-order valence-electron chi connectivity index (χ3n) is 1.81. The van der Waals surface area contributed by atoms with E-state index in [1.807, 2.05) is 6.07 Å². The molecule has 0 saturated heterocycles. The average Bonchev–Trinajstić information content (AvgIpc) is 2.18. The third-order valence-corrected chi connectivity index (χ3v) is 2.02. The highest BCUT2D eigenvalue weighted by atomic mass is 35.5. The van der Waals surface area contributed by atoms with Crippen LogP contribution in [0.3, 0.4) is 0 Å². The minimum Gasteiger partial charge on any atom is -0.507 e. The summed E-state index contributed by atoms with van der Waals surface area (Å²) in [4.78, 5) is 7.78. The van der Waals surface area contributed by atoms with Gasteiger partial charge in [0, 0.05) is 11.6 Å². The Morgan fingerprint density at radius 3 is 2.64 bits per heavy atom. The van der Waals surface area contributed by atoms with Gasteiger partial charge in [0.05, 0.1) is 5.69 Å². The Labute approximate surface area is 86.0 Å². The number of phenols is 1. The predicted molar refractivity (Wildman–Crippen MR) is 54.1 cm³/mol. The summed E-state index contributed by atoms with van der Waals surface area (Å²) in [6.07, 6.45) is 1.37. The lowest BCUT2D eigenvalue weighted by molar-refractivity contribution is 0.477. The van der Waals surface area contributed by atoms with Gasteiger partial charge in [0.15, 0.2) is 0 Å². The zero-order valence-electron chi connectivity index (χ0n) is 7.18. The molecule has 0 saturated carbocycles. The van der Waals surface area contributed by atoms with Crippen LogP contribution in [0.5, 0.6) is 5.75 Å². The molecule has 0 amide bonds. The lowest BCUT2D eigenvalue weighted by Gasteiger charge is -2.02. The Kier molecular flexibility index (Phi) is 2.33. The first-order valence-corrected chi connectivity index (χ1v) is 4.41. The molecular weight excluding hydrogens is 200 g/mol. The molecule has 1 aromatic heterocycles. The molecule has 1 aromatic carbocycles. The van der Waals surface area contributed by atoms with Gasteiger partial charge in [-0.05, 0) is 12.1 Å². The summed E-state index contributed by atoms with van der Waals surface area (Å²) >= 11 is 5.71. The van der Waals surface area contributed by atoms with E-state index in [0.29, 0.717) is 16.4 Å². The highest BCUT2D eigenvalue weighted by Gasteiger charge is 2.04. The van der Waals surface area contributed by atoms with E-state index in [1.54, 1.807) is 24.3 Å². The molecule has 0 bridgehead atoms. The molecular formula is C10H7ClN2O. The van der Waals surface area contributed by atoms with E-state index < -0.39 is 0 Å². The lowest BCUT2D eigenvalue weighted by atomic mass is 10.1. The van der Waals surface area contributed by atoms with Gasteiger partial charge in [-0.1, -0.05) is 23.7 Å². The van der Waals surface area contributed by atoms with Gasteiger partial charge in [0.2, 0.25) is 0 Å². The van der Waals surface area contributed by atoms with E-state index in [-0.39, 0.29) is 5.75 Å². The molecule has 0 radical (unpaired) electrons. The molecule has 0 spiro atoms. The molecule has 0 atom stereocenters. The number of benzene rings is 1. The SMILES string of the molecule is Oc1ccccc1-c1cc(Cl)ncn1. The molecule has 1 N–H and O–H groups in total. The van der Waals surface area contributed by atoms with Crippen LogP contribution in [0.1, 0.15) is 0 Å². The summed E-state index contributed by atoms with van der Waals surface area (Å²) in [6, 6.07) is 8.56. The number of hydrogen-bond donors (Lipinski definition) is 1. The van der Waals surface area contributed by atoms with Gasteiger partial charge in [-0.25, -0.2) is 9.97 Å². The van der Waals surface area contributed by atoms with Crippen LogP contribution < -0.4 is 0 Å². The number of aromatic hydroxyl groups is 1. The quantitative estimate of drug-likeness (QED) is 0.730. The zero-order chi connectivity index (χ0) is 9.97. The topological polar surface area (TPSA) is 46.0 Å². The maximum atomic E-state index is 9.55. The number of para-hydroxylation sites is 1. The van der Waals surface area contributed by atoms with Crippen LogP contribution in [0.25, 0.3) is 11.3 Å². The number of nitrogens with zero attached hydrogens (tertiary/aromatic N) is 2. The van der Waals surface area contributed by atoms with Gasteiger partial charge in [0.1, 0.15) is 17.2 Å². The Hall–Kier alpha value is -1.61. The first-order valence-electron chi connectivity index (χ1n) is 4.03. The van der Waals surface area contributed by atoms with Crippen molar-refractivity contribution in [3.8, 4) is 17.0 Å². The van der Waals surface area contributed by atoms with Gasteiger partial charge in [-0.3, -0.25) is 0 Å². The molecule has 0 unspecified atom stereocenters. The second-order valence-electron chi connectivity index (χ2n) is 2.74. The molecule has 1 heterocycles. The van der Waals surface area contributed by atoms with Crippen molar-refractivity contribution < 1.29 is 5.11 Å². The third kappa shape index (κ3) is 1.67.